The van der Waals surface area contributed by atoms with Crippen molar-refractivity contribution < 1.29 is 5.11 Å². The van der Waals surface area contributed by atoms with Crippen molar-refractivity contribution in [2.24, 2.45) is 7.05 Å². The van der Waals surface area contributed by atoms with Crippen molar-refractivity contribution in [3.05, 3.63) is 18.2 Å². The molecule has 0 saturated heterocycles. The molecule has 1 aliphatic rings. The van der Waals surface area contributed by atoms with E-state index < -0.39 is 0 Å². The van der Waals surface area contributed by atoms with Crippen LogP contribution < -0.4 is 0 Å². The molecule has 0 aliphatic heterocycles. The molecular weight excluding hydrogens is 202 g/mol. The van der Waals surface area contributed by atoms with Crippen LogP contribution in [0.4, 0.5) is 0 Å². The fraction of sp³-hybridized carbons (Fsp3) is 0.750. The van der Waals surface area contributed by atoms with Crippen molar-refractivity contribution in [1.82, 2.24) is 14.5 Å². The van der Waals surface area contributed by atoms with Gasteiger partial charge in [0.15, 0.2) is 0 Å². The summed E-state index contributed by atoms with van der Waals surface area (Å²) in [6, 6.07) is 0.297. The first-order valence-electron chi connectivity index (χ1n) is 6.03. The second kappa shape index (κ2) is 4.97. The smallest absolute Gasteiger partial charge is 0.122 e. The number of aryl methyl sites for hydroxylation is 1. The summed E-state index contributed by atoms with van der Waals surface area (Å²) in [7, 11) is 4.08. The van der Waals surface area contributed by atoms with Gasteiger partial charge in [0, 0.05) is 25.5 Å². The molecule has 1 N–H and O–H groups in total. The van der Waals surface area contributed by atoms with E-state index in [0.29, 0.717) is 6.04 Å². The molecule has 0 amide bonds. The molecule has 1 aromatic heterocycles. The molecule has 90 valence electrons. The van der Waals surface area contributed by atoms with Gasteiger partial charge in [-0.3, -0.25) is 4.90 Å². The average Bonchev–Trinajstić information content (AvgIpc) is 2.65. The molecule has 0 unspecified atom stereocenters. The van der Waals surface area contributed by atoms with Crippen LogP contribution in [0.5, 0.6) is 0 Å². The van der Waals surface area contributed by atoms with Gasteiger partial charge in [-0.15, -0.1) is 0 Å². The van der Waals surface area contributed by atoms with Crippen LogP contribution in [0.15, 0.2) is 12.4 Å². The molecule has 1 aromatic rings. The average molecular weight is 223 g/mol. The van der Waals surface area contributed by atoms with Gasteiger partial charge in [-0.25, -0.2) is 4.98 Å². The predicted octanol–water partition coefficient (Wildman–Crippen LogP) is 1.16. The first kappa shape index (κ1) is 11.6. The molecule has 2 atom stereocenters. The molecule has 2 rings (SSSR count). The second-order valence-corrected chi connectivity index (χ2v) is 4.79. The van der Waals surface area contributed by atoms with Crippen molar-refractivity contribution in [3.63, 3.8) is 0 Å². The third kappa shape index (κ3) is 2.44. The summed E-state index contributed by atoms with van der Waals surface area (Å²) in [5, 5.41) is 9.97. The SMILES string of the molecule is CN(Cc1nccn1C)[C@H]1CCCC[C@@H]1O. The number of aliphatic hydroxyl groups excluding tert-OH is 1. The van der Waals surface area contributed by atoms with Crippen molar-refractivity contribution in [3.8, 4) is 0 Å². The van der Waals surface area contributed by atoms with Gasteiger partial charge in [-0.05, 0) is 19.9 Å². The summed E-state index contributed by atoms with van der Waals surface area (Å²) in [6.07, 6.45) is 8.04. The van der Waals surface area contributed by atoms with Gasteiger partial charge < -0.3 is 9.67 Å². The Hall–Kier alpha value is -0.870. The normalized spacial score (nSPS) is 26.2. The van der Waals surface area contributed by atoms with E-state index in [1.165, 1.54) is 6.42 Å². The molecule has 1 aliphatic carbocycles. The van der Waals surface area contributed by atoms with Crippen LogP contribution >= 0.6 is 0 Å². The summed E-state index contributed by atoms with van der Waals surface area (Å²) in [4.78, 5) is 6.54. The van der Waals surface area contributed by atoms with E-state index in [0.717, 1.165) is 31.6 Å². The lowest BCUT2D eigenvalue weighted by atomic mass is 9.91. The van der Waals surface area contributed by atoms with Crippen LogP contribution in [0.3, 0.4) is 0 Å². The Morgan fingerprint density at radius 1 is 1.50 bits per heavy atom. The minimum atomic E-state index is -0.168. The van der Waals surface area contributed by atoms with Crippen LogP contribution in [0.25, 0.3) is 0 Å². The molecule has 0 spiro atoms. The first-order chi connectivity index (χ1) is 7.68. The van der Waals surface area contributed by atoms with E-state index in [-0.39, 0.29) is 6.10 Å². The Bertz CT molecular complexity index is 337. The number of hydrogen-bond donors (Lipinski definition) is 1. The number of imidazole rings is 1. The third-order valence-corrected chi connectivity index (χ3v) is 3.57. The fourth-order valence-corrected chi connectivity index (χ4v) is 2.50. The zero-order valence-electron chi connectivity index (χ0n) is 10.1. The maximum Gasteiger partial charge on any atom is 0.122 e. The van der Waals surface area contributed by atoms with E-state index in [9.17, 15) is 5.11 Å². The molecule has 4 heteroatoms. The number of likely N-dealkylation sites (N-methyl/N-ethyl adjacent to an activating group) is 1. The van der Waals surface area contributed by atoms with Gasteiger partial charge in [0.2, 0.25) is 0 Å². The molecule has 0 bridgehead atoms. The number of aliphatic hydroxyl groups is 1. The van der Waals surface area contributed by atoms with Gasteiger partial charge in [0.25, 0.3) is 0 Å². The molecule has 0 aromatic carbocycles. The molecule has 1 fully saturated rings. The molecule has 1 heterocycles. The number of hydrogen-bond acceptors (Lipinski definition) is 3. The molecule has 4 nitrogen and oxygen atoms in total. The van der Waals surface area contributed by atoms with Crippen molar-refractivity contribution in [2.45, 2.75) is 44.4 Å². The maximum atomic E-state index is 9.97. The van der Waals surface area contributed by atoms with Gasteiger partial charge in [0.05, 0.1) is 12.6 Å². The van der Waals surface area contributed by atoms with Crippen LogP contribution in [-0.4, -0.2) is 38.8 Å². The summed E-state index contributed by atoms with van der Waals surface area (Å²) in [6.45, 7) is 0.811. The standard InChI is InChI=1S/C12H21N3O/c1-14-8-7-13-12(14)9-15(2)10-5-3-4-6-11(10)16/h7-8,10-11,16H,3-6,9H2,1-2H3/t10-,11-/m0/s1. The number of aromatic nitrogens is 2. The summed E-state index contributed by atoms with van der Waals surface area (Å²) in [5.74, 6) is 1.06. The van der Waals surface area contributed by atoms with Gasteiger partial charge in [0.1, 0.15) is 5.82 Å². The topological polar surface area (TPSA) is 41.3 Å². The highest BCUT2D eigenvalue weighted by molar-refractivity contribution is 4.92. The van der Waals surface area contributed by atoms with Crippen molar-refractivity contribution in [1.29, 1.82) is 0 Å². The Morgan fingerprint density at radius 2 is 2.25 bits per heavy atom. The maximum absolute atomic E-state index is 9.97. The van der Waals surface area contributed by atoms with Gasteiger partial charge in [-0.2, -0.15) is 0 Å². The monoisotopic (exact) mass is 223 g/mol. The minimum Gasteiger partial charge on any atom is -0.391 e. The zero-order valence-corrected chi connectivity index (χ0v) is 10.1. The lowest BCUT2D eigenvalue weighted by Crippen LogP contribution is -2.43. The van der Waals surface area contributed by atoms with Crippen molar-refractivity contribution >= 4 is 0 Å². The lowest BCUT2D eigenvalue weighted by molar-refractivity contribution is 0.0275. The predicted molar refractivity (Wildman–Crippen MR) is 62.9 cm³/mol. The number of rotatable bonds is 3. The summed E-state index contributed by atoms with van der Waals surface area (Å²) >= 11 is 0. The molecule has 0 radical (unpaired) electrons. The highest BCUT2D eigenvalue weighted by atomic mass is 16.3. The van der Waals surface area contributed by atoms with E-state index >= 15 is 0 Å². The summed E-state index contributed by atoms with van der Waals surface area (Å²) < 4.78 is 2.03. The lowest BCUT2D eigenvalue weighted by Gasteiger charge is -2.34. The number of nitrogens with zero attached hydrogens (tertiary/aromatic N) is 3. The highest BCUT2D eigenvalue weighted by Crippen LogP contribution is 2.23. The quantitative estimate of drug-likeness (QED) is 0.836. The second-order valence-electron chi connectivity index (χ2n) is 4.79. The van der Waals surface area contributed by atoms with E-state index in [4.69, 9.17) is 0 Å². The Kier molecular flexibility index (Phi) is 3.61. The van der Waals surface area contributed by atoms with Crippen molar-refractivity contribution in [2.75, 3.05) is 7.05 Å². The third-order valence-electron chi connectivity index (χ3n) is 3.57. The Labute approximate surface area is 96.9 Å². The van der Waals surface area contributed by atoms with Crippen LogP contribution in [0.1, 0.15) is 31.5 Å². The minimum absolute atomic E-state index is 0.168. The molecule has 1 saturated carbocycles. The Morgan fingerprint density at radius 3 is 2.88 bits per heavy atom. The van der Waals surface area contributed by atoms with E-state index in [1.807, 2.05) is 24.0 Å². The van der Waals surface area contributed by atoms with Gasteiger partial charge in [-0.1, -0.05) is 12.8 Å². The molecular formula is C12H21N3O. The fourth-order valence-electron chi connectivity index (χ4n) is 2.50. The largest absolute Gasteiger partial charge is 0.391 e. The highest BCUT2D eigenvalue weighted by Gasteiger charge is 2.26. The molecule has 16 heavy (non-hydrogen) atoms. The van der Waals surface area contributed by atoms with E-state index in [1.54, 1.807) is 0 Å². The Balaban J connectivity index is 1.96. The summed E-state index contributed by atoms with van der Waals surface area (Å²) in [5.41, 5.74) is 0. The van der Waals surface area contributed by atoms with Gasteiger partial charge >= 0.3 is 0 Å². The zero-order chi connectivity index (χ0) is 11.5. The van der Waals surface area contributed by atoms with Crippen LogP contribution in [0.2, 0.25) is 0 Å². The van der Waals surface area contributed by atoms with Crippen LogP contribution in [-0.2, 0) is 13.6 Å². The first-order valence-corrected chi connectivity index (χ1v) is 6.03. The van der Waals surface area contributed by atoms with Crippen LogP contribution in [0, 0.1) is 0 Å². The van der Waals surface area contributed by atoms with E-state index in [2.05, 4.69) is 16.9 Å².